The molecule has 0 amide bonds. The van der Waals surface area contributed by atoms with Gasteiger partial charge < -0.3 is 33.8 Å². The van der Waals surface area contributed by atoms with Crippen LogP contribution in [0.15, 0.2) is 72.9 Å². The highest BCUT2D eigenvalue weighted by molar-refractivity contribution is 7.47. The monoisotopic (exact) mass is 1480 g/mol. The molecule has 0 aliphatic heterocycles. The molecule has 0 aromatic heterocycles. The van der Waals surface area contributed by atoms with Crippen molar-refractivity contribution in [1.82, 2.24) is 0 Å². The molecular weight excluding hydrogens is 1330 g/mol. The number of ether oxygens (including phenoxy) is 4. The summed E-state index contributed by atoms with van der Waals surface area (Å²) >= 11 is 0. The number of carbonyl (C=O) groups excluding carboxylic acids is 4. The summed E-state index contributed by atoms with van der Waals surface area (Å²) in [5, 5.41) is 10.6. The van der Waals surface area contributed by atoms with Gasteiger partial charge in [0, 0.05) is 25.7 Å². The second-order valence-electron chi connectivity index (χ2n) is 27.7. The van der Waals surface area contributed by atoms with Crippen molar-refractivity contribution in [2.75, 3.05) is 39.6 Å². The second-order valence-corrected chi connectivity index (χ2v) is 30.6. The van der Waals surface area contributed by atoms with Gasteiger partial charge in [0.15, 0.2) is 12.2 Å². The van der Waals surface area contributed by atoms with E-state index >= 15 is 0 Å². The molecule has 3 unspecified atom stereocenters. The molecule has 0 rings (SSSR count). The molecule has 0 saturated heterocycles. The summed E-state index contributed by atoms with van der Waals surface area (Å²) in [6, 6.07) is 0. The van der Waals surface area contributed by atoms with E-state index in [9.17, 15) is 43.2 Å². The van der Waals surface area contributed by atoms with Gasteiger partial charge >= 0.3 is 39.5 Å². The predicted octanol–water partition coefficient (Wildman–Crippen LogP) is 24.0. The minimum absolute atomic E-state index is 0.0809. The smallest absolute Gasteiger partial charge is 0.462 e. The molecule has 0 saturated carbocycles. The molecule has 0 radical (unpaired) electrons. The Morgan fingerprint density at radius 1 is 0.275 bits per heavy atom. The first kappa shape index (κ1) is 98.5. The van der Waals surface area contributed by atoms with Crippen LogP contribution in [-0.2, 0) is 65.4 Å². The van der Waals surface area contributed by atoms with E-state index in [0.29, 0.717) is 25.7 Å². The molecule has 0 fully saturated rings. The highest BCUT2D eigenvalue weighted by Gasteiger charge is 2.30. The first-order chi connectivity index (χ1) is 49.7. The van der Waals surface area contributed by atoms with Crippen LogP contribution >= 0.6 is 15.6 Å². The van der Waals surface area contributed by atoms with Crippen molar-refractivity contribution in [3.63, 3.8) is 0 Å². The highest BCUT2D eigenvalue weighted by atomic mass is 31.2. The second kappa shape index (κ2) is 75.7. The van der Waals surface area contributed by atoms with Gasteiger partial charge in [0.1, 0.15) is 19.3 Å². The standard InChI is InChI=1S/C83H150O17P2/c1-5-9-13-17-21-25-29-33-37-38-42-44-48-52-56-60-64-68-81(86)94-74-79(100-83(88)70-66-62-58-54-50-46-41-36-32-28-24-20-16-12-8-4)76-98-102(91,92)96-72-77(84)71-95-101(89,90)97-75-78(99-82(87)69-65-61-57-53-49-45-40-35-31-27-23-19-15-11-7-3)73-93-80(85)67-63-59-55-51-47-43-39-34-30-26-22-18-14-10-6-2/h22,24,26-28,31,33-34,36-37,39,41,77-79,84H,5-21,23,25,29-30,32,35,38,40,42-76H2,1-4H3,(H,89,90)(H,91,92)/b26-22-,28-24-,31-27-,37-33-,39-34-,41-36-/t77?,78-,79-/m1/s1. The number of aliphatic hydroxyl groups excluding tert-OH is 1. The van der Waals surface area contributed by atoms with E-state index in [-0.39, 0.29) is 25.7 Å². The number of phosphoric ester groups is 2. The van der Waals surface area contributed by atoms with Gasteiger partial charge in [-0.25, -0.2) is 9.13 Å². The van der Waals surface area contributed by atoms with Crippen molar-refractivity contribution in [3.8, 4) is 0 Å². The van der Waals surface area contributed by atoms with Crippen LogP contribution < -0.4 is 0 Å². The Kier molecular flexibility index (Phi) is 73.1. The zero-order chi connectivity index (χ0) is 74.6. The van der Waals surface area contributed by atoms with Gasteiger partial charge in [-0.1, -0.05) is 280 Å². The number of carbonyl (C=O) groups is 4. The van der Waals surface area contributed by atoms with Crippen LogP contribution in [0.3, 0.4) is 0 Å². The maximum Gasteiger partial charge on any atom is 0.472 e. The van der Waals surface area contributed by atoms with Crippen molar-refractivity contribution >= 4 is 39.5 Å². The predicted molar refractivity (Wildman–Crippen MR) is 418 cm³/mol. The van der Waals surface area contributed by atoms with Crippen LogP contribution in [0.25, 0.3) is 0 Å². The summed E-state index contributed by atoms with van der Waals surface area (Å²) in [6.45, 7) is 4.83. The summed E-state index contributed by atoms with van der Waals surface area (Å²) in [7, 11) is -9.96. The normalized spacial score (nSPS) is 14.2. The van der Waals surface area contributed by atoms with Gasteiger partial charge in [-0.15, -0.1) is 0 Å². The third kappa shape index (κ3) is 74.8. The third-order valence-corrected chi connectivity index (χ3v) is 19.5. The summed E-state index contributed by atoms with van der Waals surface area (Å²) in [5.74, 6) is -2.19. The zero-order valence-electron chi connectivity index (χ0n) is 65.0. The van der Waals surface area contributed by atoms with Gasteiger partial charge in [0.05, 0.1) is 26.4 Å². The topological polar surface area (TPSA) is 237 Å². The summed E-state index contributed by atoms with van der Waals surface area (Å²) in [5.41, 5.74) is 0. The van der Waals surface area contributed by atoms with E-state index in [4.69, 9.17) is 37.0 Å². The van der Waals surface area contributed by atoms with Gasteiger partial charge in [-0.2, -0.15) is 0 Å². The molecule has 0 aromatic carbocycles. The quantitative estimate of drug-likeness (QED) is 0.0169. The highest BCUT2D eigenvalue weighted by Crippen LogP contribution is 2.45. The lowest BCUT2D eigenvalue weighted by Gasteiger charge is -2.21. The molecule has 0 aromatic rings. The molecule has 3 N–H and O–H groups in total. The SMILES string of the molecule is CCCCC/C=C\C/C=C\CCCCCCCC(=O)OC[C@H](COP(=O)(O)OCC(O)COP(=O)(O)OC[C@@H](COC(=O)CCCCCCCCC/C=C\CCCCCCCC)OC(=O)CCCCCCC/C=C\C/C=C\CCCCC)OC(=O)CCCCCCCCC/C=C\CCCCCC. The largest absolute Gasteiger partial charge is 0.472 e. The van der Waals surface area contributed by atoms with Crippen LogP contribution in [0.4, 0.5) is 0 Å². The fraction of sp³-hybridized carbons (Fsp3) is 0.807. The number of esters is 4. The minimum Gasteiger partial charge on any atom is -0.462 e. The van der Waals surface area contributed by atoms with Crippen LogP contribution in [0, 0.1) is 0 Å². The number of rotatable bonds is 78. The Bertz CT molecular complexity index is 2210. The molecule has 0 aliphatic rings. The van der Waals surface area contributed by atoms with Crippen molar-refractivity contribution in [2.24, 2.45) is 0 Å². The van der Waals surface area contributed by atoms with E-state index in [2.05, 4.69) is 101 Å². The average molecular weight is 1480 g/mol. The maximum absolute atomic E-state index is 13.1. The molecule has 594 valence electrons. The molecule has 0 aliphatic carbocycles. The lowest BCUT2D eigenvalue weighted by molar-refractivity contribution is -0.161. The number of aliphatic hydroxyl groups is 1. The van der Waals surface area contributed by atoms with Crippen LogP contribution in [0.2, 0.25) is 0 Å². The molecule has 0 spiro atoms. The number of unbranched alkanes of at least 4 members (excludes halogenated alkanes) is 40. The number of allylic oxidation sites excluding steroid dienone is 12. The Hall–Kier alpha value is -3.50. The van der Waals surface area contributed by atoms with Crippen molar-refractivity contribution in [3.05, 3.63) is 72.9 Å². The van der Waals surface area contributed by atoms with E-state index < -0.39 is 97.5 Å². The zero-order valence-corrected chi connectivity index (χ0v) is 66.8. The lowest BCUT2D eigenvalue weighted by atomic mass is 10.1. The van der Waals surface area contributed by atoms with Crippen LogP contribution in [-0.4, -0.2) is 96.7 Å². The molecule has 0 bridgehead atoms. The van der Waals surface area contributed by atoms with Crippen LogP contribution in [0.1, 0.15) is 374 Å². The number of hydrogen-bond acceptors (Lipinski definition) is 15. The van der Waals surface area contributed by atoms with E-state index in [1.807, 2.05) is 0 Å². The van der Waals surface area contributed by atoms with Crippen molar-refractivity contribution < 1.29 is 80.2 Å². The Morgan fingerprint density at radius 2 is 0.480 bits per heavy atom. The van der Waals surface area contributed by atoms with Gasteiger partial charge in [-0.3, -0.25) is 37.3 Å². The first-order valence-electron chi connectivity index (χ1n) is 41.2. The Labute approximate surface area is 622 Å². The third-order valence-electron chi connectivity index (χ3n) is 17.6. The summed E-state index contributed by atoms with van der Waals surface area (Å²) in [6.07, 6.45) is 77.2. The number of hydrogen-bond donors (Lipinski definition) is 3. The Balaban J connectivity index is 5.36. The summed E-state index contributed by atoms with van der Waals surface area (Å²) < 4.78 is 68.7. The fourth-order valence-electron chi connectivity index (χ4n) is 11.3. The van der Waals surface area contributed by atoms with Crippen LogP contribution in [0.5, 0.6) is 0 Å². The summed E-state index contributed by atoms with van der Waals surface area (Å²) in [4.78, 5) is 73.1. The molecule has 17 nitrogen and oxygen atoms in total. The van der Waals surface area contributed by atoms with Gasteiger partial charge in [0.2, 0.25) is 0 Å². The lowest BCUT2D eigenvalue weighted by Crippen LogP contribution is -2.30. The molecule has 102 heavy (non-hydrogen) atoms. The van der Waals surface area contributed by atoms with Gasteiger partial charge in [0.25, 0.3) is 0 Å². The van der Waals surface area contributed by atoms with Crippen molar-refractivity contribution in [2.45, 2.75) is 393 Å². The molecule has 5 atom stereocenters. The fourth-order valence-corrected chi connectivity index (χ4v) is 12.9. The Morgan fingerprint density at radius 3 is 0.765 bits per heavy atom. The number of phosphoric acid groups is 2. The molecule has 19 heteroatoms. The average Bonchev–Trinajstić information content (AvgIpc) is 0.926. The van der Waals surface area contributed by atoms with E-state index in [0.717, 1.165) is 173 Å². The van der Waals surface area contributed by atoms with E-state index in [1.54, 1.807) is 0 Å². The molecule has 0 heterocycles. The van der Waals surface area contributed by atoms with Crippen molar-refractivity contribution in [1.29, 1.82) is 0 Å². The minimum atomic E-state index is -4.98. The van der Waals surface area contributed by atoms with Gasteiger partial charge in [-0.05, 0) is 141 Å². The molecular formula is C83H150O17P2. The first-order valence-corrected chi connectivity index (χ1v) is 44.2. The maximum atomic E-state index is 13.1. The van der Waals surface area contributed by atoms with E-state index in [1.165, 1.54) is 122 Å².